The van der Waals surface area contributed by atoms with Gasteiger partial charge in [0.25, 0.3) is 0 Å². The molecule has 0 spiro atoms. The molecule has 126 valence electrons. The molecule has 0 saturated carbocycles. The van der Waals surface area contributed by atoms with Gasteiger partial charge in [-0.25, -0.2) is 4.98 Å². The predicted octanol–water partition coefficient (Wildman–Crippen LogP) is 3.83. The zero-order chi connectivity index (χ0) is 17.1. The van der Waals surface area contributed by atoms with Gasteiger partial charge in [0.1, 0.15) is 12.4 Å². The molecular weight excluding hydrogens is 310 g/mol. The maximum absolute atomic E-state index is 12.6. The fraction of sp³-hybridized carbons (Fsp3) is 0.238. The van der Waals surface area contributed by atoms with E-state index >= 15 is 0 Å². The Labute approximate surface area is 147 Å². The van der Waals surface area contributed by atoms with Crippen LogP contribution in [0.1, 0.15) is 24.2 Å². The van der Waals surface area contributed by atoms with Crippen molar-refractivity contribution in [2.45, 2.75) is 19.4 Å². The topological polar surface area (TPSA) is 38.1 Å². The van der Waals surface area contributed by atoms with Crippen LogP contribution in [0.3, 0.4) is 0 Å². The summed E-state index contributed by atoms with van der Waals surface area (Å²) in [6.45, 7) is 2.09. The lowest BCUT2D eigenvalue weighted by Gasteiger charge is -2.16. The van der Waals surface area contributed by atoms with E-state index < -0.39 is 0 Å². The number of fused-ring (bicyclic) bond motifs is 1. The van der Waals surface area contributed by atoms with Crippen LogP contribution in [0.2, 0.25) is 0 Å². The molecule has 0 unspecified atom stereocenters. The van der Waals surface area contributed by atoms with Crippen LogP contribution < -0.4 is 0 Å². The van der Waals surface area contributed by atoms with E-state index in [-0.39, 0.29) is 5.91 Å². The first-order valence-electron chi connectivity index (χ1n) is 8.77. The molecule has 1 aliphatic rings. The van der Waals surface area contributed by atoms with Crippen LogP contribution in [0.5, 0.6) is 0 Å². The number of aromatic nitrogens is 2. The second-order valence-electron chi connectivity index (χ2n) is 6.38. The fourth-order valence-corrected chi connectivity index (χ4v) is 3.32. The van der Waals surface area contributed by atoms with Crippen LogP contribution in [0.4, 0.5) is 0 Å². The first kappa shape index (κ1) is 15.6. The van der Waals surface area contributed by atoms with Crippen molar-refractivity contribution < 1.29 is 4.79 Å². The highest BCUT2D eigenvalue weighted by molar-refractivity contribution is 5.83. The van der Waals surface area contributed by atoms with Gasteiger partial charge in [0.15, 0.2) is 0 Å². The summed E-state index contributed by atoms with van der Waals surface area (Å²) in [5.41, 5.74) is 3.04. The Hall–Kier alpha value is -2.88. The number of amides is 1. The smallest absolute Gasteiger partial charge is 0.242 e. The summed E-state index contributed by atoms with van der Waals surface area (Å²) in [5, 5.41) is 0. The van der Waals surface area contributed by atoms with Gasteiger partial charge in [-0.05, 0) is 36.6 Å². The zero-order valence-electron chi connectivity index (χ0n) is 14.1. The molecule has 25 heavy (non-hydrogen) atoms. The SMILES string of the molecule is O=C(Cn1c(C=Cc2ccccc2)nc2ccccc21)N1CCCC1. The molecule has 1 amide bonds. The highest BCUT2D eigenvalue weighted by Crippen LogP contribution is 2.19. The van der Waals surface area contributed by atoms with Crippen molar-refractivity contribution in [3.63, 3.8) is 0 Å². The molecular formula is C21H21N3O. The number of hydrogen-bond acceptors (Lipinski definition) is 2. The lowest BCUT2D eigenvalue weighted by molar-refractivity contribution is -0.130. The molecule has 2 aromatic carbocycles. The molecule has 3 aromatic rings. The molecule has 0 aliphatic carbocycles. The van der Waals surface area contributed by atoms with Crippen molar-refractivity contribution in [2.75, 3.05) is 13.1 Å². The van der Waals surface area contributed by atoms with E-state index in [1.807, 2.05) is 64.1 Å². The Balaban J connectivity index is 1.68. The highest BCUT2D eigenvalue weighted by Gasteiger charge is 2.20. The van der Waals surface area contributed by atoms with E-state index in [9.17, 15) is 4.79 Å². The molecule has 1 aromatic heterocycles. The molecule has 0 bridgehead atoms. The van der Waals surface area contributed by atoms with Crippen LogP contribution in [-0.4, -0.2) is 33.4 Å². The summed E-state index contributed by atoms with van der Waals surface area (Å²) in [7, 11) is 0. The van der Waals surface area contributed by atoms with E-state index in [2.05, 4.69) is 12.1 Å². The number of nitrogens with zero attached hydrogens (tertiary/aromatic N) is 3. The first-order valence-corrected chi connectivity index (χ1v) is 8.77. The van der Waals surface area contributed by atoms with Crippen LogP contribution in [0.25, 0.3) is 23.2 Å². The number of carbonyl (C=O) groups excluding carboxylic acids is 1. The Morgan fingerprint density at radius 3 is 2.48 bits per heavy atom. The molecule has 4 nitrogen and oxygen atoms in total. The van der Waals surface area contributed by atoms with Gasteiger partial charge < -0.3 is 9.47 Å². The van der Waals surface area contributed by atoms with Crippen molar-refractivity contribution >= 4 is 29.1 Å². The first-order chi connectivity index (χ1) is 12.3. The molecule has 1 aliphatic heterocycles. The largest absolute Gasteiger partial charge is 0.341 e. The van der Waals surface area contributed by atoms with Crippen molar-refractivity contribution in [1.29, 1.82) is 0 Å². The lowest BCUT2D eigenvalue weighted by atomic mass is 10.2. The van der Waals surface area contributed by atoms with E-state index in [1.165, 1.54) is 0 Å². The second kappa shape index (κ2) is 6.93. The Kier molecular flexibility index (Phi) is 4.34. The Morgan fingerprint density at radius 1 is 0.960 bits per heavy atom. The van der Waals surface area contributed by atoms with Gasteiger partial charge in [-0.2, -0.15) is 0 Å². The van der Waals surface area contributed by atoms with Crippen LogP contribution in [0.15, 0.2) is 54.6 Å². The van der Waals surface area contributed by atoms with E-state index in [1.54, 1.807) is 0 Å². The van der Waals surface area contributed by atoms with Crippen LogP contribution >= 0.6 is 0 Å². The van der Waals surface area contributed by atoms with Gasteiger partial charge in [-0.15, -0.1) is 0 Å². The van der Waals surface area contributed by atoms with Crippen LogP contribution in [-0.2, 0) is 11.3 Å². The summed E-state index contributed by atoms with van der Waals surface area (Å²) in [4.78, 5) is 19.3. The number of carbonyl (C=O) groups is 1. The van der Waals surface area contributed by atoms with Gasteiger partial charge in [0, 0.05) is 13.1 Å². The van der Waals surface area contributed by atoms with E-state index in [4.69, 9.17) is 4.98 Å². The third kappa shape index (κ3) is 3.33. The predicted molar refractivity (Wildman–Crippen MR) is 101 cm³/mol. The minimum Gasteiger partial charge on any atom is -0.341 e. The summed E-state index contributed by atoms with van der Waals surface area (Å²) in [6, 6.07) is 18.1. The fourth-order valence-electron chi connectivity index (χ4n) is 3.32. The lowest BCUT2D eigenvalue weighted by Crippen LogP contribution is -2.31. The van der Waals surface area contributed by atoms with Crippen LogP contribution in [0, 0.1) is 0 Å². The third-order valence-electron chi connectivity index (χ3n) is 4.66. The number of benzene rings is 2. The zero-order valence-corrected chi connectivity index (χ0v) is 14.1. The molecule has 1 fully saturated rings. The average molecular weight is 331 g/mol. The van der Waals surface area contributed by atoms with Crippen molar-refractivity contribution in [3.05, 3.63) is 66.0 Å². The van der Waals surface area contributed by atoms with Gasteiger partial charge in [0.05, 0.1) is 11.0 Å². The Morgan fingerprint density at radius 2 is 1.68 bits per heavy atom. The summed E-state index contributed by atoms with van der Waals surface area (Å²) >= 11 is 0. The maximum atomic E-state index is 12.6. The summed E-state index contributed by atoms with van der Waals surface area (Å²) in [6.07, 6.45) is 6.25. The van der Waals surface area contributed by atoms with E-state index in [0.717, 1.165) is 48.4 Å². The average Bonchev–Trinajstić information content (AvgIpc) is 3.30. The molecule has 0 radical (unpaired) electrons. The summed E-state index contributed by atoms with van der Waals surface area (Å²) in [5.74, 6) is 0.993. The third-order valence-corrected chi connectivity index (χ3v) is 4.66. The number of likely N-dealkylation sites (tertiary alicyclic amines) is 1. The van der Waals surface area contributed by atoms with E-state index in [0.29, 0.717) is 6.54 Å². The second-order valence-corrected chi connectivity index (χ2v) is 6.38. The van der Waals surface area contributed by atoms with Gasteiger partial charge in [0.2, 0.25) is 5.91 Å². The quantitative estimate of drug-likeness (QED) is 0.729. The minimum atomic E-state index is 0.176. The number of para-hydroxylation sites is 2. The molecule has 4 heteroatoms. The van der Waals surface area contributed by atoms with Gasteiger partial charge in [-0.1, -0.05) is 48.5 Å². The molecule has 1 saturated heterocycles. The molecule has 4 rings (SSSR count). The standard InChI is InChI=1S/C21H21N3O/c25-21(23-14-6-7-15-23)16-24-19-11-5-4-10-18(19)22-20(24)13-12-17-8-2-1-3-9-17/h1-5,8-13H,6-7,14-16H2. The number of rotatable bonds is 4. The Bertz CT molecular complexity index is 905. The van der Waals surface area contributed by atoms with Gasteiger partial charge >= 0.3 is 0 Å². The number of imidazole rings is 1. The molecule has 0 N–H and O–H groups in total. The normalized spacial score (nSPS) is 14.6. The monoisotopic (exact) mass is 331 g/mol. The number of hydrogen-bond donors (Lipinski definition) is 0. The van der Waals surface area contributed by atoms with Crippen molar-refractivity contribution in [3.8, 4) is 0 Å². The highest BCUT2D eigenvalue weighted by atomic mass is 16.2. The van der Waals surface area contributed by atoms with Gasteiger partial charge in [-0.3, -0.25) is 4.79 Å². The van der Waals surface area contributed by atoms with Crippen molar-refractivity contribution in [2.24, 2.45) is 0 Å². The van der Waals surface area contributed by atoms with Crippen molar-refractivity contribution in [1.82, 2.24) is 14.5 Å². The summed E-state index contributed by atoms with van der Waals surface area (Å²) < 4.78 is 2.02. The minimum absolute atomic E-state index is 0.176. The molecule has 0 atom stereocenters. The molecule has 2 heterocycles. The maximum Gasteiger partial charge on any atom is 0.242 e.